The van der Waals surface area contributed by atoms with E-state index in [4.69, 9.17) is 15.0 Å². The van der Waals surface area contributed by atoms with Crippen LogP contribution in [0.2, 0.25) is 0 Å². The highest BCUT2D eigenvalue weighted by atomic mass is 15.3. The molecular formula is C57H37N5. The van der Waals surface area contributed by atoms with Crippen LogP contribution in [0, 0.1) is 0 Å². The third kappa shape index (κ3) is 5.98. The Bertz CT molecular complexity index is 3550. The van der Waals surface area contributed by atoms with Crippen LogP contribution in [-0.4, -0.2) is 24.1 Å². The summed E-state index contributed by atoms with van der Waals surface area (Å²) in [5.41, 5.74) is 14.3. The molecule has 0 spiro atoms. The molecule has 0 aliphatic heterocycles. The smallest absolute Gasteiger partial charge is 0.240 e. The molecule has 3 heterocycles. The van der Waals surface area contributed by atoms with E-state index in [2.05, 4.69) is 234 Å². The molecule has 0 radical (unpaired) electrons. The van der Waals surface area contributed by atoms with Crippen molar-refractivity contribution >= 4 is 43.6 Å². The van der Waals surface area contributed by atoms with Crippen LogP contribution in [0.1, 0.15) is 0 Å². The van der Waals surface area contributed by atoms with Gasteiger partial charge in [-0.3, -0.25) is 9.13 Å². The van der Waals surface area contributed by atoms with Crippen molar-refractivity contribution in [3.05, 3.63) is 224 Å². The van der Waals surface area contributed by atoms with Gasteiger partial charge in [0.1, 0.15) is 0 Å². The van der Waals surface area contributed by atoms with Crippen molar-refractivity contribution in [2.45, 2.75) is 0 Å². The van der Waals surface area contributed by atoms with Gasteiger partial charge in [0.2, 0.25) is 11.9 Å². The van der Waals surface area contributed by atoms with E-state index in [0.29, 0.717) is 17.7 Å². The second-order valence-corrected chi connectivity index (χ2v) is 15.6. The summed E-state index contributed by atoms with van der Waals surface area (Å²) in [7, 11) is 0. The van der Waals surface area contributed by atoms with Crippen LogP contribution < -0.4 is 0 Å². The van der Waals surface area contributed by atoms with E-state index in [0.717, 1.165) is 71.4 Å². The highest BCUT2D eigenvalue weighted by Gasteiger charge is 2.21. The van der Waals surface area contributed by atoms with E-state index >= 15 is 0 Å². The van der Waals surface area contributed by atoms with Gasteiger partial charge in [-0.15, -0.1) is 0 Å². The number of para-hydroxylation sites is 3. The minimum absolute atomic E-state index is 0.552. The minimum Gasteiger partial charge on any atom is -0.278 e. The second-order valence-electron chi connectivity index (χ2n) is 15.6. The van der Waals surface area contributed by atoms with Gasteiger partial charge in [-0.25, -0.2) is 0 Å². The molecule has 0 aliphatic carbocycles. The summed E-state index contributed by atoms with van der Waals surface area (Å²) in [6.45, 7) is 0. The average Bonchev–Trinajstić information content (AvgIpc) is 3.87. The van der Waals surface area contributed by atoms with Crippen LogP contribution in [-0.2, 0) is 0 Å². The van der Waals surface area contributed by atoms with Gasteiger partial charge in [0.05, 0.1) is 22.1 Å². The lowest BCUT2D eigenvalue weighted by molar-refractivity contribution is 0.893. The molecule has 62 heavy (non-hydrogen) atoms. The molecule has 0 unspecified atom stereocenters. The zero-order valence-electron chi connectivity index (χ0n) is 33.6. The highest BCUT2D eigenvalue weighted by molar-refractivity contribution is 6.11. The lowest BCUT2D eigenvalue weighted by Crippen LogP contribution is -2.10. The van der Waals surface area contributed by atoms with Crippen LogP contribution in [0.4, 0.5) is 0 Å². The largest absolute Gasteiger partial charge is 0.278 e. The van der Waals surface area contributed by atoms with Crippen molar-refractivity contribution in [1.29, 1.82) is 0 Å². The van der Waals surface area contributed by atoms with Gasteiger partial charge < -0.3 is 0 Å². The second kappa shape index (κ2) is 14.7. The van der Waals surface area contributed by atoms with Crippen molar-refractivity contribution in [2.24, 2.45) is 0 Å². The standard InChI is InChI=1S/C57H37N5/c1-3-15-38(16-4-1)40-27-29-41(30-28-40)45-19-7-8-20-46(45)42-31-33-43(34-32-42)55-58-56(61-51-24-12-9-21-47(51)48-22-10-13-25-52(48)61)60-57(59-55)62-53-26-14-11-23-49(53)50-36-35-44(37-54(50)62)39-17-5-2-6-18-39/h1-37H. The van der Waals surface area contributed by atoms with E-state index in [9.17, 15) is 0 Å². The maximum atomic E-state index is 5.39. The Hall–Kier alpha value is -8.41. The summed E-state index contributed by atoms with van der Waals surface area (Å²) in [5, 5.41) is 4.57. The molecule has 0 bridgehead atoms. The fourth-order valence-electron chi connectivity index (χ4n) is 9.08. The van der Waals surface area contributed by atoms with E-state index in [1.54, 1.807) is 0 Å². The predicted molar refractivity (Wildman–Crippen MR) is 256 cm³/mol. The average molecular weight is 792 g/mol. The van der Waals surface area contributed by atoms with Gasteiger partial charge in [-0.1, -0.05) is 200 Å². The number of nitrogens with zero attached hydrogens (tertiary/aromatic N) is 5. The first kappa shape index (κ1) is 35.5. The Labute approximate surface area is 358 Å². The summed E-state index contributed by atoms with van der Waals surface area (Å²) >= 11 is 0. The van der Waals surface area contributed by atoms with Crippen molar-refractivity contribution in [3.8, 4) is 67.8 Å². The van der Waals surface area contributed by atoms with Crippen LogP contribution >= 0.6 is 0 Å². The van der Waals surface area contributed by atoms with Gasteiger partial charge in [0.25, 0.3) is 0 Å². The first-order valence-electron chi connectivity index (χ1n) is 20.9. The molecule has 0 saturated carbocycles. The quantitative estimate of drug-likeness (QED) is 0.162. The number of aromatic nitrogens is 5. The van der Waals surface area contributed by atoms with Crippen molar-refractivity contribution in [3.63, 3.8) is 0 Å². The van der Waals surface area contributed by atoms with Crippen molar-refractivity contribution < 1.29 is 0 Å². The third-order valence-corrected chi connectivity index (χ3v) is 12.1. The number of rotatable bonds is 7. The third-order valence-electron chi connectivity index (χ3n) is 12.1. The molecule has 0 atom stereocenters. The number of benzene rings is 9. The van der Waals surface area contributed by atoms with Crippen LogP contribution in [0.15, 0.2) is 224 Å². The fourth-order valence-corrected chi connectivity index (χ4v) is 9.08. The zero-order chi connectivity index (χ0) is 41.0. The van der Waals surface area contributed by atoms with Crippen molar-refractivity contribution in [2.75, 3.05) is 0 Å². The lowest BCUT2D eigenvalue weighted by atomic mass is 9.93. The summed E-state index contributed by atoms with van der Waals surface area (Å²) in [6, 6.07) is 79.3. The lowest BCUT2D eigenvalue weighted by Gasteiger charge is -2.14. The molecule has 3 aromatic heterocycles. The molecule has 0 aliphatic rings. The van der Waals surface area contributed by atoms with Crippen LogP contribution in [0.25, 0.3) is 111 Å². The molecule has 5 nitrogen and oxygen atoms in total. The molecule has 290 valence electrons. The Kier molecular flexibility index (Phi) is 8.42. The Balaban J connectivity index is 1.03. The first-order valence-corrected chi connectivity index (χ1v) is 20.9. The summed E-state index contributed by atoms with van der Waals surface area (Å²) in [5.74, 6) is 1.70. The van der Waals surface area contributed by atoms with E-state index in [1.165, 1.54) is 22.3 Å². The molecule has 12 aromatic rings. The molecule has 5 heteroatoms. The van der Waals surface area contributed by atoms with Gasteiger partial charge >= 0.3 is 0 Å². The summed E-state index contributed by atoms with van der Waals surface area (Å²) < 4.78 is 4.38. The topological polar surface area (TPSA) is 48.5 Å². The SMILES string of the molecule is c1ccc(-c2ccc(-c3ccccc3-c3ccc(-c4nc(-n5c6ccccc6c6ccccc65)nc(-n5c6ccccc6c6ccc(-c7ccccc7)cc65)n4)cc3)cc2)cc1. The summed E-state index contributed by atoms with van der Waals surface area (Å²) in [6.07, 6.45) is 0. The van der Waals surface area contributed by atoms with Gasteiger partial charge in [0, 0.05) is 27.1 Å². The van der Waals surface area contributed by atoms with Gasteiger partial charge in [-0.05, 0) is 68.8 Å². The first-order chi connectivity index (χ1) is 30.7. The zero-order valence-corrected chi connectivity index (χ0v) is 33.6. The number of hydrogen-bond donors (Lipinski definition) is 0. The monoisotopic (exact) mass is 791 g/mol. The molecule has 9 aromatic carbocycles. The van der Waals surface area contributed by atoms with Crippen molar-refractivity contribution in [1.82, 2.24) is 24.1 Å². The highest BCUT2D eigenvalue weighted by Crippen LogP contribution is 2.38. The normalized spacial score (nSPS) is 11.5. The minimum atomic E-state index is 0.552. The maximum absolute atomic E-state index is 5.39. The van der Waals surface area contributed by atoms with E-state index < -0.39 is 0 Å². The Morgan fingerprint density at radius 1 is 0.242 bits per heavy atom. The molecular weight excluding hydrogens is 755 g/mol. The molecule has 0 saturated heterocycles. The molecule has 0 N–H and O–H groups in total. The van der Waals surface area contributed by atoms with E-state index in [-0.39, 0.29) is 0 Å². The Morgan fingerprint density at radius 2 is 0.597 bits per heavy atom. The van der Waals surface area contributed by atoms with Gasteiger partial charge in [0.15, 0.2) is 5.82 Å². The number of fused-ring (bicyclic) bond motifs is 6. The molecule has 12 rings (SSSR count). The Morgan fingerprint density at radius 3 is 1.11 bits per heavy atom. The van der Waals surface area contributed by atoms with Gasteiger partial charge in [-0.2, -0.15) is 15.0 Å². The molecule has 0 fully saturated rings. The molecule has 0 amide bonds. The van der Waals surface area contributed by atoms with Crippen LogP contribution in [0.3, 0.4) is 0 Å². The maximum Gasteiger partial charge on any atom is 0.240 e. The van der Waals surface area contributed by atoms with E-state index in [1.807, 2.05) is 0 Å². The predicted octanol–water partition coefficient (Wildman–Crippen LogP) is 14.4. The number of hydrogen-bond acceptors (Lipinski definition) is 3. The fraction of sp³-hybridized carbons (Fsp3) is 0. The summed E-state index contributed by atoms with van der Waals surface area (Å²) in [4.78, 5) is 16.0. The van der Waals surface area contributed by atoms with Crippen LogP contribution in [0.5, 0.6) is 0 Å².